The number of anilines is 3. The maximum absolute atomic E-state index is 13.9. The van der Waals surface area contributed by atoms with E-state index in [4.69, 9.17) is 16.9 Å². The Kier molecular flexibility index (Phi) is 6.00. The fraction of sp³-hybridized carbons (Fsp3) is 0.333. The molecule has 9 heteroatoms. The lowest BCUT2D eigenvalue weighted by molar-refractivity contribution is -0.146. The van der Waals surface area contributed by atoms with Gasteiger partial charge in [0.15, 0.2) is 0 Å². The number of hydrogen-bond acceptors (Lipinski definition) is 6. The minimum atomic E-state index is -0.799. The molecule has 6 N–H and O–H groups in total. The first-order valence-corrected chi connectivity index (χ1v) is 9.65. The molecule has 2 aromatic rings. The van der Waals surface area contributed by atoms with Gasteiger partial charge in [0.05, 0.1) is 23.6 Å². The highest BCUT2D eigenvalue weighted by molar-refractivity contribution is 6.39. The number of carbonyl (C=O) groups excluding carboxylic acids is 2. The number of nitrogens with zero attached hydrogens (tertiary/aromatic N) is 2. The Hall–Kier alpha value is -3.49. The lowest BCUT2D eigenvalue weighted by Gasteiger charge is -2.39. The van der Waals surface area contributed by atoms with Crippen LogP contribution >= 0.6 is 0 Å². The average molecular weight is 412 g/mol. The zero-order valence-corrected chi connectivity index (χ0v) is 16.9. The smallest absolute Gasteiger partial charge is 0.313 e. The minimum Gasteiger partial charge on any atom is -0.396 e. The Labute approximate surface area is 174 Å². The molecule has 0 aliphatic carbocycles. The van der Waals surface area contributed by atoms with Gasteiger partial charge >= 0.3 is 11.8 Å². The van der Waals surface area contributed by atoms with E-state index in [1.54, 1.807) is 13.0 Å². The molecule has 2 amide bonds. The van der Waals surface area contributed by atoms with Crippen LogP contribution in [0.4, 0.5) is 21.6 Å². The molecule has 1 aliphatic heterocycles. The molecule has 2 atom stereocenters. The number of nitrogens with one attached hydrogen (secondary N) is 2. The quantitative estimate of drug-likeness (QED) is 0.349. The van der Waals surface area contributed by atoms with E-state index in [1.807, 2.05) is 6.92 Å². The summed E-state index contributed by atoms with van der Waals surface area (Å²) in [6.07, 6.45) is 3.77. The third kappa shape index (κ3) is 4.10. The van der Waals surface area contributed by atoms with Crippen molar-refractivity contribution >= 4 is 35.2 Å². The van der Waals surface area contributed by atoms with Crippen molar-refractivity contribution in [3.05, 3.63) is 46.9 Å². The number of aryl methyl sites for hydroxylation is 1. The topological polar surface area (TPSA) is 138 Å². The van der Waals surface area contributed by atoms with Gasteiger partial charge in [-0.2, -0.15) is 0 Å². The Morgan fingerprint density at radius 2 is 2.07 bits per heavy atom. The van der Waals surface area contributed by atoms with Crippen molar-refractivity contribution in [2.75, 3.05) is 23.3 Å². The zero-order valence-electron chi connectivity index (χ0n) is 16.9. The van der Waals surface area contributed by atoms with Crippen molar-refractivity contribution in [1.29, 1.82) is 5.41 Å². The molecule has 2 heterocycles. The van der Waals surface area contributed by atoms with Gasteiger partial charge in [-0.05, 0) is 48.9 Å². The van der Waals surface area contributed by atoms with E-state index >= 15 is 0 Å². The van der Waals surface area contributed by atoms with Crippen LogP contribution in [0.3, 0.4) is 0 Å². The van der Waals surface area contributed by atoms with Crippen LogP contribution in [-0.4, -0.2) is 34.5 Å². The molecule has 0 spiro atoms. The third-order valence-corrected chi connectivity index (χ3v) is 5.42. The highest BCUT2D eigenvalue weighted by Crippen LogP contribution is 2.36. The molecule has 0 unspecified atom stereocenters. The summed E-state index contributed by atoms with van der Waals surface area (Å²) in [6.45, 7) is 4.11. The number of pyridine rings is 1. The molecule has 1 aromatic carbocycles. The van der Waals surface area contributed by atoms with Gasteiger partial charge < -0.3 is 27.1 Å². The van der Waals surface area contributed by atoms with Crippen LogP contribution in [0.1, 0.15) is 42.5 Å². The van der Waals surface area contributed by atoms with Crippen molar-refractivity contribution in [2.24, 2.45) is 5.92 Å². The van der Waals surface area contributed by atoms with Gasteiger partial charge in [0, 0.05) is 18.3 Å². The first kappa shape index (κ1) is 21.2. The van der Waals surface area contributed by atoms with Gasteiger partial charge in [-0.25, -0.2) is 9.37 Å². The van der Waals surface area contributed by atoms with Crippen LogP contribution in [0.15, 0.2) is 24.4 Å². The minimum absolute atomic E-state index is 0.138. The molecule has 1 saturated heterocycles. The first-order valence-electron chi connectivity index (χ1n) is 9.65. The molecule has 1 aromatic heterocycles. The molecular formula is C21H25FN6O2. The van der Waals surface area contributed by atoms with Gasteiger partial charge in [-0.1, -0.05) is 13.0 Å². The molecule has 0 saturated carbocycles. The van der Waals surface area contributed by atoms with Crippen molar-refractivity contribution < 1.29 is 14.0 Å². The standard InChI is InChI=1S/C21H25FN6O2/c1-11-3-6-17(14-4-5-16(22)18(24)15(14)8-23)28(10-11)21(30)20(29)27-13-7-12(2)19(25)26-9-13/h4-5,7-9,11,17,23H,3,6,10,24H2,1-2H3,(H2,25,26)(H,27,29)/t11-,17+/m1/s1. The maximum Gasteiger partial charge on any atom is 0.313 e. The number of carbonyl (C=O) groups is 2. The fourth-order valence-electron chi connectivity index (χ4n) is 3.75. The maximum atomic E-state index is 13.9. The SMILES string of the molecule is Cc1cc(NC(=O)C(=O)N2C[C@H](C)CC[C@H]2c2ccc(F)c(N)c2C=N)cnc1N. The zero-order chi connectivity index (χ0) is 22.0. The third-order valence-electron chi connectivity index (χ3n) is 5.42. The summed E-state index contributed by atoms with van der Waals surface area (Å²) in [5, 5.41) is 10.2. The Balaban J connectivity index is 1.90. The van der Waals surface area contributed by atoms with E-state index < -0.39 is 23.7 Å². The van der Waals surface area contributed by atoms with E-state index in [2.05, 4.69) is 10.3 Å². The van der Waals surface area contributed by atoms with Crippen molar-refractivity contribution in [3.8, 4) is 0 Å². The summed E-state index contributed by atoms with van der Waals surface area (Å²) >= 11 is 0. The largest absolute Gasteiger partial charge is 0.396 e. The number of piperidine rings is 1. The lowest BCUT2D eigenvalue weighted by atomic mass is 9.87. The van der Waals surface area contributed by atoms with E-state index in [9.17, 15) is 14.0 Å². The molecule has 0 radical (unpaired) electrons. The summed E-state index contributed by atoms with van der Waals surface area (Å²) in [5.41, 5.74) is 13.2. The Morgan fingerprint density at radius 1 is 1.33 bits per heavy atom. The number of aromatic nitrogens is 1. The highest BCUT2D eigenvalue weighted by atomic mass is 19.1. The molecular weight excluding hydrogens is 387 g/mol. The molecule has 30 heavy (non-hydrogen) atoms. The summed E-state index contributed by atoms with van der Waals surface area (Å²) < 4.78 is 13.9. The van der Waals surface area contributed by atoms with E-state index in [1.165, 1.54) is 23.2 Å². The summed E-state index contributed by atoms with van der Waals surface area (Å²) in [4.78, 5) is 31.2. The highest BCUT2D eigenvalue weighted by Gasteiger charge is 2.35. The first-order chi connectivity index (χ1) is 14.2. The van der Waals surface area contributed by atoms with Crippen molar-refractivity contribution in [1.82, 2.24) is 9.88 Å². The van der Waals surface area contributed by atoms with Crippen LogP contribution < -0.4 is 16.8 Å². The van der Waals surface area contributed by atoms with Crippen LogP contribution in [0, 0.1) is 24.1 Å². The fourth-order valence-corrected chi connectivity index (χ4v) is 3.75. The van der Waals surface area contributed by atoms with E-state index in [0.717, 1.165) is 12.6 Å². The number of amides is 2. The second-order valence-electron chi connectivity index (χ2n) is 7.64. The number of likely N-dealkylation sites (tertiary alicyclic amines) is 1. The average Bonchev–Trinajstić information content (AvgIpc) is 2.72. The van der Waals surface area contributed by atoms with Gasteiger partial charge in [0.25, 0.3) is 0 Å². The predicted molar refractivity (Wildman–Crippen MR) is 114 cm³/mol. The monoisotopic (exact) mass is 412 g/mol. The predicted octanol–water partition coefficient (Wildman–Crippen LogP) is 2.63. The number of benzene rings is 1. The second-order valence-corrected chi connectivity index (χ2v) is 7.64. The van der Waals surface area contributed by atoms with Crippen LogP contribution in [0.25, 0.3) is 0 Å². The molecule has 1 fully saturated rings. The number of nitrogens with two attached hydrogens (primary N) is 2. The number of halogens is 1. The van der Waals surface area contributed by atoms with Crippen LogP contribution in [0.2, 0.25) is 0 Å². The van der Waals surface area contributed by atoms with E-state index in [0.29, 0.717) is 35.6 Å². The van der Waals surface area contributed by atoms with Crippen molar-refractivity contribution in [3.63, 3.8) is 0 Å². The molecule has 1 aliphatic rings. The summed E-state index contributed by atoms with van der Waals surface area (Å²) in [7, 11) is 0. The molecule has 158 valence electrons. The van der Waals surface area contributed by atoms with Crippen LogP contribution in [0.5, 0.6) is 0 Å². The molecule has 0 bridgehead atoms. The normalized spacial score (nSPS) is 18.7. The Bertz CT molecular complexity index is 1010. The van der Waals surface area contributed by atoms with Gasteiger partial charge in [-0.3, -0.25) is 9.59 Å². The summed E-state index contributed by atoms with van der Waals surface area (Å²) in [6, 6.07) is 3.90. The number of hydrogen-bond donors (Lipinski definition) is 4. The van der Waals surface area contributed by atoms with Gasteiger partial charge in [0.1, 0.15) is 11.6 Å². The second kappa shape index (κ2) is 8.48. The molecule has 8 nitrogen and oxygen atoms in total. The molecule has 3 rings (SSSR count). The van der Waals surface area contributed by atoms with Crippen molar-refractivity contribution in [2.45, 2.75) is 32.7 Å². The lowest BCUT2D eigenvalue weighted by Crippen LogP contribution is -2.46. The number of nitrogen functional groups attached to an aromatic ring is 2. The van der Waals surface area contributed by atoms with Gasteiger partial charge in [0.2, 0.25) is 0 Å². The summed E-state index contributed by atoms with van der Waals surface area (Å²) in [5.74, 6) is -1.59. The Morgan fingerprint density at radius 3 is 2.73 bits per heavy atom. The van der Waals surface area contributed by atoms with Crippen LogP contribution in [-0.2, 0) is 9.59 Å². The number of rotatable bonds is 3. The van der Waals surface area contributed by atoms with Gasteiger partial charge in [-0.15, -0.1) is 0 Å². The van der Waals surface area contributed by atoms with E-state index in [-0.39, 0.29) is 17.2 Å².